The van der Waals surface area contributed by atoms with E-state index in [1.54, 1.807) is 12.3 Å². The van der Waals surface area contributed by atoms with E-state index in [-0.39, 0.29) is 23.0 Å². The number of sulfonamides is 1. The Morgan fingerprint density at radius 3 is 2.71 bits per heavy atom. The van der Waals surface area contributed by atoms with Crippen molar-refractivity contribution in [2.45, 2.75) is 70.5 Å². The first-order chi connectivity index (χ1) is 9.80. The van der Waals surface area contributed by atoms with Crippen LogP contribution in [-0.2, 0) is 23.2 Å². The number of aliphatic hydroxyl groups is 1. The molecule has 0 aromatic carbocycles. The summed E-state index contributed by atoms with van der Waals surface area (Å²) < 4.78 is 29.8. The van der Waals surface area contributed by atoms with Gasteiger partial charge in [0.05, 0.1) is 11.5 Å². The summed E-state index contributed by atoms with van der Waals surface area (Å²) in [6.07, 6.45) is 5.50. The molecule has 6 heteroatoms. The van der Waals surface area contributed by atoms with Gasteiger partial charge in [0, 0.05) is 24.5 Å². The zero-order valence-electron chi connectivity index (χ0n) is 13.1. The zero-order valence-corrected chi connectivity index (χ0v) is 13.9. The molecule has 0 aliphatic heterocycles. The largest absolute Gasteiger partial charge is 0.390 e. The molecule has 1 aliphatic rings. The summed E-state index contributed by atoms with van der Waals surface area (Å²) in [5.41, 5.74) is 0.640. The summed E-state index contributed by atoms with van der Waals surface area (Å²) in [6, 6.07) is 1.55. The van der Waals surface area contributed by atoms with E-state index in [1.165, 1.54) is 0 Å². The van der Waals surface area contributed by atoms with Crippen molar-refractivity contribution in [3.05, 3.63) is 18.0 Å². The van der Waals surface area contributed by atoms with Crippen LogP contribution in [0.15, 0.2) is 17.2 Å². The van der Waals surface area contributed by atoms with Gasteiger partial charge in [-0.1, -0.05) is 27.2 Å². The lowest BCUT2D eigenvalue weighted by Gasteiger charge is -2.27. The quantitative estimate of drug-likeness (QED) is 0.846. The van der Waals surface area contributed by atoms with E-state index >= 15 is 0 Å². The maximum absolute atomic E-state index is 12.6. The van der Waals surface area contributed by atoms with Crippen LogP contribution in [0.3, 0.4) is 0 Å². The van der Waals surface area contributed by atoms with Crippen LogP contribution in [0, 0.1) is 5.41 Å². The lowest BCUT2D eigenvalue weighted by Crippen LogP contribution is -2.41. The summed E-state index contributed by atoms with van der Waals surface area (Å²) in [5.74, 6) is 0. The van der Waals surface area contributed by atoms with Gasteiger partial charge in [-0.25, -0.2) is 13.1 Å². The molecule has 0 bridgehead atoms. The third-order valence-electron chi connectivity index (χ3n) is 4.45. The molecule has 1 unspecified atom stereocenters. The van der Waals surface area contributed by atoms with Gasteiger partial charge in [0.1, 0.15) is 0 Å². The third-order valence-corrected chi connectivity index (χ3v) is 5.89. The first-order valence-corrected chi connectivity index (χ1v) is 9.10. The Bertz CT molecular complexity index is 590. The van der Waals surface area contributed by atoms with Gasteiger partial charge in [0.2, 0.25) is 10.0 Å². The second kappa shape index (κ2) is 6.10. The molecule has 2 N–H and O–H groups in total. The van der Waals surface area contributed by atoms with Crippen LogP contribution in [0.4, 0.5) is 0 Å². The Morgan fingerprint density at radius 2 is 2.19 bits per heavy atom. The standard InChI is InChI=1S/C15H26N2O3S/c1-4-8-17-10-13(9-12(17)11-18)21(19,20)16-14-6-5-7-15(14,2)3/h9-10,14,16,18H,4-8,11H2,1-3H3. The highest BCUT2D eigenvalue weighted by molar-refractivity contribution is 7.89. The Hall–Kier alpha value is -0.850. The Balaban J connectivity index is 2.23. The average molecular weight is 314 g/mol. The summed E-state index contributed by atoms with van der Waals surface area (Å²) in [6.45, 7) is 6.79. The monoisotopic (exact) mass is 314 g/mol. The number of hydrogen-bond donors (Lipinski definition) is 2. The number of aryl methyl sites for hydroxylation is 1. The first kappa shape index (κ1) is 16.5. The molecule has 0 radical (unpaired) electrons. The molecule has 120 valence electrons. The van der Waals surface area contributed by atoms with Gasteiger partial charge in [-0.2, -0.15) is 0 Å². The minimum absolute atomic E-state index is 0.00113. The second-order valence-corrected chi connectivity index (χ2v) is 8.29. The second-order valence-electron chi connectivity index (χ2n) is 6.57. The molecule has 0 amide bonds. The van der Waals surface area contributed by atoms with Crippen LogP contribution in [0.1, 0.15) is 52.1 Å². The maximum atomic E-state index is 12.6. The SMILES string of the molecule is CCCn1cc(S(=O)(=O)NC2CCCC2(C)C)cc1CO. The van der Waals surface area contributed by atoms with Gasteiger partial charge >= 0.3 is 0 Å². The van der Waals surface area contributed by atoms with Crippen LogP contribution >= 0.6 is 0 Å². The molecule has 1 fully saturated rings. The number of hydrogen-bond acceptors (Lipinski definition) is 3. The molecule has 1 aromatic rings. The molecule has 2 rings (SSSR count). The van der Waals surface area contributed by atoms with E-state index in [9.17, 15) is 13.5 Å². The number of rotatable bonds is 6. The molecule has 1 heterocycles. The van der Waals surface area contributed by atoms with Gasteiger partial charge in [-0.3, -0.25) is 0 Å². The third kappa shape index (κ3) is 3.49. The van der Waals surface area contributed by atoms with Gasteiger partial charge in [0.25, 0.3) is 0 Å². The van der Waals surface area contributed by atoms with Crippen LogP contribution in [-0.4, -0.2) is 24.1 Å². The summed E-state index contributed by atoms with van der Waals surface area (Å²) >= 11 is 0. The van der Waals surface area contributed by atoms with E-state index in [2.05, 4.69) is 18.6 Å². The van der Waals surface area contributed by atoms with Crippen LogP contribution < -0.4 is 4.72 Å². The fourth-order valence-corrected chi connectivity index (χ4v) is 4.56. The van der Waals surface area contributed by atoms with Gasteiger partial charge in [-0.15, -0.1) is 0 Å². The van der Waals surface area contributed by atoms with Crippen molar-refractivity contribution in [2.75, 3.05) is 0 Å². The van der Waals surface area contributed by atoms with Crippen LogP contribution in [0.5, 0.6) is 0 Å². The summed E-state index contributed by atoms with van der Waals surface area (Å²) in [4.78, 5) is 0.252. The average Bonchev–Trinajstić information content (AvgIpc) is 2.94. The van der Waals surface area contributed by atoms with Crippen molar-refractivity contribution in [1.82, 2.24) is 9.29 Å². The van der Waals surface area contributed by atoms with E-state index in [0.717, 1.165) is 25.7 Å². The number of aliphatic hydroxyl groups excluding tert-OH is 1. The molecular weight excluding hydrogens is 288 g/mol. The minimum atomic E-state index is -3.53. The highest BCUT2D eigenvalue weighted by Crippen LogP contribution is 2.38. The molecule has 1 aromatic heterocycles. The van der Waals surface area contributed by atoms with Gasteiger partial charge in [-0.05, 0) is 30.7 Å². The summed E-state index contributed by atoms with van der Waals surface area (Å²) in [5, 5.41) is 9.36. The van der Waals surface area contributed by atoms with Crippen LogP contribution in [0.25, 0.3) is 0 Å². The molecule has 0 spiro atoms. The molecular formula is C15H26N2O3S. The minimum Gasteiger partial charge on any atom is -0.390 e. The van der Waals surface area contributed by atoms with E-state index in [0.29, 0.717) is 12.2 Å². The normalized spacial score (nSPS) is 21.8. The Labute approximate surface area is 127 Å². The van der Waals surface area contributed by atoms with Crippen molar-refractivity contribution in [1.29, 1.82) is 0 Å². The van der Waals surface area contributed by atoms with Crippen LogP contribution in [0.2, 0.25) is 0 Å². The highest BCUT2D eigenvalue weighted by Gasteiger charge is 2.37. The van der Waals surface area contributed by atoms with Crippen molar-refractivity contribution in [3.8, 4) is 0 Å². The molecule has 1 atom stereocenters. The van der Waals surface area contributed by atoms with Gasteiger partial charge in [0.15, 0.2) is 0 Å². The zero-order chi connectivity index (χ0) is 15.7. The predicted molar refractivity (Wildman–Crippen MR) is 82.4 cm³/mol. The summed E-state index contributed by atoms with van der Waals surface area (Å²) in [7, 11) is -3.53. The molecule has 1 saturated carbocycles. The first-order valence-electron chi connectivity index (χ1n) is 7.62. The van der Waals surface area contributed by atoms with Crippen molar-refractivity contribution < 1.29 is 13.5 Å². The lowest BCUT2D eigenvalue weighted by molar-refractivity contribution is 0.270. The highest BCUT2D eigenvalue weighted by atomic mass is 32.2. The molecule has 21 heavy (non-hydrogen) atoms. The van der Waals surface area contributed by atoms with E-state index in [4.69, 9.17) is 0 Å². The smallest absolute Gasteiger partial charge is 0.242 e. The topological polar surface area (TPSA) is 71.3 Å². The number of nitrogens with one attached hydrogen (secondary N) is 1. The van der Waals surface area contributed by atoms with Crippen molar-refractivity contribution >= 4 is 10.0 Å². The lowest BCUT2D eigenvalue weighted by atomic mass is 9.88. The fourth-order valence-electron chi connectivity index (χ4n) is 3.05. The van der Waals surface area contributed by atoms with E-state index < -0.39 is 10.0 Å². The Morgan fingerprint density at radius 1 is 1.48 bits per heavy atom. The molecule has 5 nitrogen and oxygen atoms in total. The number of nitrogens with zero attached hydrogens (tertiary/aromatic N) is 1. The predicted octanol–water partition coefficient (Wildman–Crippen LogP) is 2.25. The Kier molecular flexibility index (Phi) is 4.80. The molecule has 0 saturated heterocycles. The number of aromatic nitrogens is 1. The van der Waals surface area contributed by atoms with Crippen molar-refractivity contribution in [2.24, 2.45) is 5.41 Å². The van der Waals surface area contributed by atoms with E-state index in [1.807, 2.05) is 11.5 Å². The maximum Gasteiger partial charge on any atom is 0.242 e. The fraction of sp³-hybridized carbons (Fsp3) is 0.733. The van der Waals surface area contributed by atoms with Crippen molar-refractivity contribution in [3.63, 3.8) is 0 Å². The van der Waals surface area contributed by atoms with Gasteiger partial charge < -0.3 is 9.67 Å². The molecule has 1 aliphatic carbocycles.